The van der Waals surface area contributed by atoms with E-state index in [0.717, 1.165) is 74.8 Å². The molecule has 0 saturated carbocycles. The number of nitrogen functional groups attached to an aromatic ring is 1. The van der Waals surface area contributed by atoms with Crippen molar-refractivity contribution in [1.82, 2.24) is 29.8 Å². The quantitative estimate of drug-likeness (QED) is 0.321. The van der Waals surface area contributed by atoms with Crippen LogP contribution in [0.3, 0.4) is 0 Å². The molecular weight excluding hydrogens is 564 g/mol. The Hall–Kier alpha value is -3.53. The van der Waals surface area contributed by atoms with Crippen LogP contribution in [0.2, 0.25) is 0 Å². The Bertz CT molecular complexity index is 1740. The number of thiophene rings is 1. The molecule has 3 atom stereocenters. The van der Waals surface area contributed by atoms with Gasteiger partial charge in [0, 0.05) is 16.5 Å². The third kappa shape index (κ3) is 4.60. The van der Waals surface area contributed by atoms with Gasteiger partial charge < -0.3 is 20.1 Å². The Balaban J connectivity index is 1.36. The summed E-state index contributed by atoms with van der Waals surface area (Å²) < 4.78 is 14.5. The molecule has 4 aromatic heterocycles. The summed E-state index contributed by atoms with van der Waals surface area (Å²) in [5, 5.41) is 31.1. The SMILES string of the molecule is CC(Oc1nc(-c2noc3c2CCCC32CCCc3sc(N)c(C#N)c32)nc2c1cnn2CC(C)(C)O)C1CCCN1C. The number of likely N-dealkylation sites (tertiary alicyclic amines) is 1. The summed E-state index contributed by atoms with van der Waals surface area (Å²) >= 11 is 1.53. The summed E-state index contributed by atoms with van der Waals surface area (Å²) in [5.74, 6) is 1.67. The van der Waals surface area contributed by atoms with Gasteiger partial charge in [0.05, 0.1) is 29.3 Å². The Kier molecular flexibility index (Phi) is 6.76. The number of ether oxygens (including phenoxy) is 1. The van der Waals surface area contributed by atoms with Gasteiger partial charge in [-0.2, -0.15) is 15.3 Å². The van der Waals surface area contributed by atoms with Gasteiger partial charge in [0.15, 0.2) is 22.9 Å². The first kappa shape index (κ1) is 28.3. The maximum atomic E-state index is 10.6. The number of hydrogen-bond donors (Lipinski definition) is 2. The molecule has 1 spiro atoms. The van der Waals surface area contributed by atoms with Crippen molar-refractivity contribution in [1.29, 1.82) is 5.26 Å². The number of hydrogen-bond acceptors (Lipinski definition) is 11. The van der Waals surface area contributed by atoms with E-state index in [1.54, 1.807) is 24.7 Å². The van der Waals surface area contributed by atoms with Gasteiger partial charge in [-0.15, -0.1) is 11.3 Å². The van der Waals surface area contributed by atoms with Crippen LogP contribution in [-0.2, 0) is 24.8 Å². The fourth-order valence-electron chi connectivity index (χ4n) is 7.61. The van der Waals surface area contributed by atoms with Crippen LogP contribution in [0.15, 0.2) is 10.7 Å². The highest BCUT2D eigenvalue weighted by Crippen LogP contribution is 2.55. The van der Waals surface area contributed by atoms with Crippen LogP contribution >= 0.6 is 11.3 Å². The summed E-state index contributed by atoms with van der Waals surface area (Å²) in [7, 11) is 2.13. The van der Waals surface area contributed by atoms with Crippen LogP contribution in [0.4, 0.5) is 5.00 Å². The fraction of sp³-hybridized carbons (Fsp3) is 0.581. The fourth-order valence-corrected chi connectivity index (χ4v) is 8.77. The minimum atomic E-state index is -0.996. The van der Waals surface area contributed by atoms with Crippen LogP contribution in [-0.4, -0.2) is 66.3 Å². The van der Waals surface area contributed by atoms with Crippen molar-refractivity contribution in [2.24, 2.45) is 0 Å². The van der Waals surface area contributed by atoms with E-state index in [1.807, 2.05) is 0 Å². The number of nitrogens with two attached hydrogens (primary N) is 1. The van der Waals surface area contributed by atoms with Gasteiger partial charge in [-0.05, 0) is 91.3 Å². The van der Waals surface area contributed by atoms with E-state index in [2.05, 4.69) is 35.2 Å². The number of likely N-dealkylation sites (N-methyl/N-ethyl adjacent to an activating group) is 1. The van der Waals surface area contributed by atoms with Crippen molar-refractivity contribution in [3.63, 3.8) is 0 Å². The molecule has 0 aromatic carbocycles. The predicted molar refractivity (Wildman–Crippen MR) is 163 cm³/mol. The molecule has 7 rings (SSSR count). The first-order valence-electron chi connectivity index (χ1n) is 15.2. The zero-order valence-electron chi connectivity index (χ0n) is 25.2. The molecule has 226 valence electrons. The van der Waals surface area contributed by atoms with Gasteiger partial charge in [0.1, 0.15) is 22.6 Å². The van der Waals surface area contributed by atoms with Crippen molar-refractivity contribution in [2.75, 3.05) is 19.3 Å². The maximum Gasteiger partial charge on any atom is 0.228 e. The number of aliphatic hydroxyl groups is 1. The lowest BCUT2D eigenvalue weighted by molar-refractivity contribution is 0.0589. The largest absolute Gasteiger partial charge is 0.472 e. The van der Waals surface area contributed by atoms with Crippen molar-refractivity contribution in [3.05, 3.63) is 33.5 Å². The van der Waals surface area contributed by atoms with E-state index >= 15 is 0 Å². The second kappa shape index (κ2) is 10.3. The number of fused-ring (bicyclic) bond motifs is 5. The lowest BCUT2D eigenvalue weighted by atomic mass is 9.63. The molecule has 11 nitrogen and oxygen atoms in total. The molecule has 1 fully saturated rings. The summed E-state index contributed by atoms with van der Waals surface area (Å²) in [4.78, 5) is 13.4. The third-order valence-electron chi connectivity index (χ3n) is 9.49. The summed E-state index contributed by atoms with van der Waals surface area (Å²) in [6.45, 7) is 6.88. The van der Waals surface area contributed by atoms with E-state index in [1.165, 1.54) is 16.2 Å². The molecule has 3 N–H and O–H groups in total. The Labute approximate surface area is 254 Å². The highest BCUT2D eigenvalue weighted by molar-refractivity contribution is 7.16. The number of rotatable bonds is 6. The van der Waals surface area contributed by atoms with Crippen LogP contribution < -0.4 is 10.5 Å². The van der Waals surface area contributed by atoms with E-state index < -0.39 is 11.0 Å². The minimum absolute atomic E-state index is 0.0975. The molecule has 3 unspecified atom stereocenters. The van der Waals surface area contributed by atoms with E-state index in [0.29, 0.717) is 39.0 Å². The summed E-state index contributed by atoms with van der Waals surface area (Å²) in [5.41, 5.74) is 8.68. The first-order chi connectivity index (χ1) is 20.6. The van der Waals surface area contributed by atoms with Crippen LogP contribution in [0, 0.1) is 11.3 Å². The second-order valence-electron chi connectivity index (χ2n) is 13.1. The average molecular weight is 603 g/mol. The van der Waals surface area contributed by atoms with Crippen molar-refractivity contribution in [3.8, 4) is 23.5 Å². The zero-order chi connectivity index (χ0) is 30.1. The molecule has 0 bridgehead atoms. The predicted octanol–water partition coefficient (Wildman–Crippen LogP) is 4.59. The van der Waals surface area contributed by atoms with Gasteiger partial charge in [-0.3, -0.25) is 4.90 Å². The Morgan fingerprint density at radius 2 is 2.07 bits per heavy atom. The van der Waals surface area contributed by atoms with Gasteiger partial charge in [-0.1, -0.05) is 5.16 Å². The molecule has 0 amide bonds. The van der Waals surface area contributed by atoms with E-state index in [-0.39, 0.29) is 18.7 Å². The normalized spacial score (nSPS) is 22.9. The van der Waals surface area contributed by atoms with Crippen molar-refractivity contribution >= 4 is 27.4 Å². The number of nitriles is 1. The lowest BCUT2D eigenvalue weighted by Gasteiger charge is -2.39. The number of anilines is 1. The van der Waals surface area contributed by atoms with Crippen LogP contribution in [0.25, 0.3) is 22.6 Å². The Morgan fingerprint density at radius 1 is 1.28 bits per heavy atom. The molecule has 1 saturated heterocycles. The summed E-state index contributed by atoms with van der Waals surface area (Å²) in [6.07, 6.45) is 9.20. The van der Waals surface area contributed by atoms with Crippen LogP contribution in [0.1, 0.15) is 86.6 Å². The molecule has 4 aromatic rings. The average Bonchev–Trinajstić information content (AvgIpc) is 3.74. The minimum Gasteiger partial charge on any atom is -0.472 e. The van der Waals surface area contributed by atoms with E-state index in [4.69, 9.17) is 25.0 Å². The number of nitrogens with zero attached hydrogens (tertiary/aromatic N) is 7. The zero-order valence-corrected chi connectivity index (χ0v) is 26.0. The van der Waals surface area contributed by atoms with Gasteiger partial charge in [0.2, 0.25) is 5.88 Å². The standard InChI is InChI=1S/C31H38N8O3S/c1-17(21-9-7-13-38(21)4)41-29-20-15-34-39(16-30(2,3)40)28(20)35-27(36-29)24-18-8-5-11-31(25(18)42-37-24)12-6-10-22-23(31)19(14-32)26(33)43-22/h15,17,21,40H,5-13,16,33H2,1-4H3. The number of aryl methyl sites for hydroxylation is 1. The molecule has 12 heteroatoms. The van der Waals surface area contributed by atoms with Gasteiger partial charge in [0.25, 0.3) is 0 Å². The van der Waals surface area contributed by atoms with Crippen LogP contribution in [0.5, 0.6) is 5.88 Å². The lowest BCUT2D eigenvalue weighted by Crippen LogP contribution is -2.38. The second-order valence-corrected chi connectivity index (χ2v) is 14.2. The smallest absolute Gasteiger partial charge is 0.228 e. The van der Waals surface area contributed by atoms with Gasteiger partial charge in [-0.25, -0.2) is 9.67 Å². The molecule has 0 radical (unpaired) electrons. The highest BCUT2D eigenvalue weighted by atomic mass is 32.1. The molecular formula is C31H38N8O3S. The monoisotopic (exact) mass is 602 g/mol. The molecule has 5 heterocycles. The molecule has 1 aliphatic heterocycles. The third-order valence-corrected chi connectivity index (χ3v) is 10.6. The highest BCUT2D eigenvalue weighted by Gasteiger charge is 2.49. The van der Waals surface area contributed by atoms with Crippen molar-refractivity contribution < 1.29 is 14.4 Å². The summed E-state index contributed by atoms with van der Waals surface area (Å²) in [6, 6.07) is 2.67. The van der Waals surface area contributed by atoms with E-state index in [9.17, 15) is 10.4 Å². The Morgan fingerprint density at radius 3 is 2.79 bits per heavy atom. The van der Waals surface area contributed by atoms with Crippen molar-refractivity contribution in [2.45, 2.75) is 102 Å². The molecule has 3 aliphatic rings. The topological polar surface area (TPSA) is 152 Å². The van der Waals surface area contributed by atoms with Gasteiger partial charge >= 0.3 is 0 Å². The molecule has 2 aliphatic carbocycles. The molecule has 43 heavy (non-hydrogen) atoms. The first-order valence-corrected chi connectivity index (χ1v) is 16.1. The number of aromatic nitrogens is 5. The maximum absolute atomic E-state index is 10.6.